The van der Waals surface area contributed by atoms with Gasteiger partial charge in [-0.3, -0.25) is 4.79 Å². The van der Waals surface area contributed by atoms with Gasteiger partial charge >= 0.3 is 5.97 Å². The number of hydrogen-bond donors (Lipinski definition) is 2. The number of aromatic nitrogens is 1. The van der Waals surface area contributed by atoms with E-state index in [1.54, 1.807) is 72.8 Å². The lowest BCUT2D eigenvalue weighted by molar-refractivity contribution is 0.0734. The minimum Gasteiger partial charge on any atom is -0.422 e. The van der Waals surface area contributed by atoms with Gasteiger partial charge in [-0.2, -0.15) is 5.10 Å². The van der Waals surface area contributed by atoms with Gasteiger partial charge < -0.3 is 9.72 Å². The average molecular weight is 676 g/mol. The molecule has 0 fully saturated rings. The number of nitrogens with zero attached hydrogens (tertiary/aromatic N) is 1. The predicted octanol–water partition coefficient (Wildman–Crippen LogP) is 9.19. The van der Waals surface area contributed by atoms with Gasteiger partial charge in [-0.1, -0.05) is 80.5 Å². The summed E-state index contributed by atoms with van der Waals surface area (Å²) in [5.74, 6) is -0.884. The van der Waals surface area contributed by atoms with E-state index in [4.69, 9.17) is 51.1 Å². The normalized spacial score (nSPS) is 11.2. The van der Waals surface area contributed by atoms with Crippen LogP contribution in [0.2, 0.25) is 20.1 Å². The molecule has 0 aliphatic rings. The van der Waals surface area contributed by atoms with Crippen molar-refractivity contribution in [3.05, 3.63) is 120 Å². The second-order valence-electron chi connectivity index (χ2n) is 8.44. The molecule has 6 nitrogen and oxygen atoms in total. The Morgan fingerprint density at radius 1 is 0.875 bits per heavy atom. The fraction of sp³-hybridized carbons (Fsp3) is 0. The zero-order valence-electron chi connectivity index (χ0n) is 20.1. The fourth-order valence-corrected chi connectivity index (χ4v) is 5.28. The first kappa shape index (κ1) is 28.2. The van der Waals surface area contributed by atoms with Gasteiger partial charge in [0.2, 0.25) is 0 Å². The van der Waals surface area contributed by atoms with Crippen LogP contribution in [-0.2, 0) is 0 Å². The second-order valence-corrected chi connectivity index (χ2v) is 11.0. The van der Waals surface area contributed by atoms with Gasteiger partial charge in [0.1, 0.15) is 11.4 Å². The molecule has 0 bridgehead atoms. The Hall–Kier alpha value is -3.33. The summed E-state index contributed by atoms with van der Waals surface area (Å²) in [6.07, 6.45) is 1.37. The van der Waals surface area contributed by atoms with Crippen LogP contribution in [0.1, 0.15) is 26.4 Å². The highest BCUT2D eigenvalue weighted by Crippen LogP contribution is 2.40. The van der Waals surface area contributed by atoms with Crippen molar-refractivity contribution in [2.45, 2.75) is 0 Å². The third-order valence-electron chi connectivity index (χ3n) is 5.82. The maximum Gasteiger partial charge on any atom is 0.343 e. The standard InChI is InChI=1S/C29H16BrCl4N3O3/c30-17-7-10-24(40-29(39)15-5-8-18(31)9-6-15)16(11-17)14-35-37-28(38)27-25(20-3-1-2-4-22(20)33)21-12-19(32)13-23(34)26(21)36-27/h1-14,36H,(H,37,38). The molecule has 200 valence electrons. The molecule has 0 aliphatic carbocycles. The van der Waals surface area contributed by atoms with E-state index < -0.39 is 11.9 Å². The molecule has 40 heavy (non-hydrogen) atoms. The first-order valence-electron chi connectivity index (χ1n) is 11.6. The number of rotatable bonds is 6. The van der Waals surface area contributed by atoms with E-state index in [-0.39, 0.29) is 11.4 Å². The minimum atomic E-state index is -0.573. The molecule has 11 heteroatoms. The van der Waals surface area contributed by atoms with Gasteiger partial charge in [0.25, 0.3) is 5.91 Å². The number of hydrazone groups is 1. The summed E-state index contributed by atoms with van der Waals surface area (Å²) in [6.45, 7) is 0. The van der Waals surface area contributed by atoms with Gasteiger partial charge in [-0.05, 0) is 60.7 Å². The van der Waals surface area contributed by atoms with Gasteiger partial charge in [-0.25, -0.2) is 10.2 Å². The lowest BCUT2D eigenvalue weighted by Gasteiger charge is -2.09. The topological polar surface area (TPSA) is 83.5 Å². The summed E-state index contributed by atoms with van der Waals surface area (Å²) in [4.78, 5) is 29.1. The van der Waals surface area contributed by atoms with Gasteiger partial charge in [0.05, 0.1) is 22.3 Å². The second kappa shape index (κ2) is 12.0. The third kappa shape index (κ3) is 6.04. The number of esters is 1. The molecule has 1 heterocycles. The van der Waals surface area contributed by atoms with Crippen LogP contribution in [0.15, 0.2) is 88.4 Å². The Labute approximate surface area is 257 Å². The third-order valence-corrected chi connectivity index (χ3v) is 7.41. The number of nitrogens with one attached hydrogen (secondary N) is 2. The van der Waals surface area contributed by atoms with Gasteiger partial charge in [0.15, 0.2) is 0 Å². The van der Waals surface area contributed by atoms with Crippen molar-refractivity contribution in [2.75, 3.05) is 0 Å². The maximum atomic E-state index is 13.4. The van der Waals surface area contributed by atoms with Crippen molar-refractivity contribution in [3.63, 3.8) is 0 Å². The van der Waals surface area contributed by atoms with E-state index in [2.05, 4.69) is 31.4 Å². The Bertz CT molecular complexity index is 1800. The smallest absolute Gasteiger partial charge is 0.343 e. The molecule has 0 atom stereocenters. The quantitative estimate of drug-likeness (QED) is 0.0815. The molecule has 2 N–H and O–H groups in total. The van der Waals surface area contributed by atoms with Crippen molar-refractivity contribution in [1.29, 1.82) is 0 Å². The van der Waals surface area contributed by atoms with Crippen molar-refractivity contribution in [3.8, 4) is 16.9 Å². The summed E-state index contributed by atoms with van der Waals surface area (Å²) >= 11 is 28.5. The maximum absolute atomic E-state index is 13.4. The molecule has 4 aromatic carbocycles. The SMILES string of the molecule is O=C(Oc1ccc(Br)cc1C=NNC(=O)c1[nH]c2c(Cl)cc(Cl)cc2c1-c1ccccc1Cl)c1ccc(Cl)cc1. The van der Waals surface area contributed by atoms with Crippen LogP contribution in [-0.4, -0.2) is 23.1 Å². The molecule has 1 amide bonds. The number of aromatic amines is 1. The Morgan fingerprint density at radius 3 is 2.38 bits per heavy atom. The Balaban J connectivity index is 1.45. The summed E-state index contributed by atoms with van der Waals surface area (Å²) in [7, 11) is 0. The average Bonchev–Trinajstić information content (AvgIpc) is 3.30. The highest BCUT2D eigenvalue weighted by Gasteiger charge is 2.22. The van der Waals surface area contributed by atoms with Crippen LogP contribution in [0, 0.1) is 0 Å². The zero-order valence-corrected chi connectivity index (χ0v) is 24.8. The number of ether oxygens (including phenoxy) is 1. The van der Waals surface area contributed by atoms with Crippen LogP contribution in [0.5, 0.6) is 5.75 Å². The summed E-state index contributed by atoms with van der Waals surface area (Å²) in [5.41, 5.74) is 5.14. The molecule has 5 rings (SSSR count). The minimum absolute atomic E-state index is 0.188. The fourth-order valence-electron chi connectivity index (χ4n) is 4.01. The first-order chi connectivity index (χ1) is 19.2. The molecular weight excluding hydrogens is 660 g/mol. The lowest BCUT2D eigenvalue weighted by atomic mass is 10.0. The van der Waals surface area contributed by atoms with E-state index >= 15 is 0 Å². The number of carbonyl (C=O) groups excluding carboxylic acids is 2. The zero-order chi connectivity index (χ0) is 28.4. The summed E-state index contributed by atoms with van der Waals surface area (Å²) in [6, 6.07) is 21.8. The number of halogens is 5. The molecule has 0 spiro atoms. The van der Waals surface area contributed by atoms with Crippen LogP contribution < -0.4 is 10.2 Å². The van der Waals surface area contributed by atoms with Crippen LogP contribution in [0.4, 0.5) is 0 Å². The summed E-state index contributed by atoms with van der Waals surface area (Å²) in [5, 5.41) is 6.44. The number of H-pyrrole nitrogens is 1. The van der Waals surface area contributed by atoms with E-state index in [0.717, 1.165) is 4.47 Å². The van der Waals surface area contributed by atoms with Crippen LogP contribution >= 0.6 is 62.3 Å². The number of benzene rings is 4. The van der Waals surface area contributed by atoms with Gasteiger partial charge in [-0.15, -0.1) is 0 Å². The van der Waals surface area contributed by atoms with Crippen LogP contribution in [0.3, 0.4) is 0 Å². The van der Waals surface area contributed by atoms with Crippen molar-refractivity contribution in [1.82, 2.24) is 10.4 Å². The molecule has 1 aromatic heterocycles. The predicted molar refractivity (Wildman–Crippen MR) is 164 cm³/mol. The molecule has 5 aromatic rings. The number of hydrogen-bond acceptors (Lipinski definition) is 4. The monoisotopic (exact) mass is 673 g/mol. The van der Waals surface area contributed by atoms with E-state index in [0.29, 0.717) is 53.2 Å². The van der Waals surface area contributed by atoms with Crippen molar-refractivity contribution < 1.29 is 14.3 Å². The Morgan fingerprint density at radius 2 is 1.62 bits per heavy atom. The number of amides is 1. The lowest BCUT2D eigenvalue weighted by Crippen LogP contribution is -2.19. The highest BCUT2D eigenvalue weighted by atomic mass is 79.9. The molecule has 0 radical (unpaired) electrons. The van der Waals surface area contributed by atoms with Crippen LogP contribution in [0.25, 0.3) is 22.0 Å². The first-order valence-corrected chi connectivity index (χ1v) is 13.9. The molecular formula is C29H16BrCl4N3O3. The molecule has 0 saturated heterocycles. The van der Waals surface area contributed by atoms with E-state index in [9.17, 15) is 9.59 Å². The van der Waals surface area contributed by atoms with E-state index in [1.807, 2.05) is 6.07 Å². The van der Waals surface area contributed by atoms with Gasteiger partial charge in [0, 0.05) is 41.6 Å². The molecule has 0 unspecified atom stereocenters. The summed E-state index contributed by atoms with van der Waals surface area (Å²) < 4.78 is 6.29. The number of fused-ring (bicyclic) bond motifs is 1. The Kier molecular flexibility index (Phi) is 8.49. The van der Waals surface area contributed by atoms with Crippen molar-refractivity contribution >= 4 is 91.3 Å². The molecule has 0 aliphatic heterocycles. The van der Waals surface area contributed by atoms with Crippen molar-refractivity contribution in [2.24, 2.45) is 5.10 Å². The molecule has 0 saturated carbocycles. The number of carbonyl (C=O) groups is 2. The highest BCUT2D eigenvalue weighted by molar-refractivity contribution is 9.10. The largest absolute Gasteiger partial charge is 0.422 e. The van der Waals surface area contributed by atoms with E-state index in [1.165, 1.54) is 6.21 Å².